The van der Waals surface area contributed by atoms with Crippen LogP contribution < -0.4 is 15.1 Å². The minimum Gasteiger partial charge on any atom is -0.365 e. The number of hydrogen-bond acceptors (Lipinski definition) is 4. The molecule has 2 aromatic carbocycles. The largest absolute Gasteiger partial charge is 0.365 e. The van der Waals surface area contributed by atoms with E-state index >= 15 is 0 Å². The maximum atomic E-state index is 5.81. The number of fused-ring (bicyclic) bond motifs is 1. The van der Waals surface area contributed by atoms with Gasteiger partial charge in [-0.1, -0.05) is 12.1 Å². The second-order valence-electron chi connectivity index (χ2n) is 9.48. The average Bonchev–Trinajstić information content (AvgIpc) is 3.34. The van der Waals surface area contributed by atoms with Crippen molar-refractivity contribution >= 4 is 45.4 Å². The van der Waals surface area contributed by atoms with E-state index in [1.807, 2.05) is 0 Å². The normalized spacial score (nSPS) is 18.8. The van der Waals surface area contributed by atoms with Crippen LogP contribution in [0.4, 0.5) is 17.2 Å². The number of piperazine rings is 1. The molecule has 5 rings (SSSR count). The first-order valence-corrected chi connectivity index (χ1v) is 12.4. The van der Waals surface area contributed by atoms with E-state index in [0.717, 1.165) is 54.9 Å². The number of thiocarbonyl (C=S) groups is 1. The van der Waals surface area contributed by atoms with Crippen molar-refractivity contribution in [3.63, 3.8) is 0 Å². The summed E-state index contributed by atoms with van der Waals surface area (Å²) in [6, 6.07) is 17.8. The standard InChI is InChI=1S/C27H33N5S/c1-19-7-6-8-23(15-19)32-14-13-31(18-21(32)3)27(33)28-22-9-10-25-24(17-22)20(2)16-26(29-25)30-11-4-5-12-30/h6-10,15-17,21H,4-5,11-14,18H2,1-3H3,(H,28,33)/t21-/m1/s1. The molecule has 6 heteroatoms. The molecule has 2 fully saturated rings. The van der Waals surface area contributed by atoms with Crippen LogP contribution >= 0.6 is 12.2 Å². The monoisotopic (exact) mass is 459 g/mol. The van der Waals surface area contributed by atoms with Gasteiger partial charge in [-0.2, -0.15) is 0 Å². The van der Waals surface area contributed by atoms with Crippen LogP contribution in [-0.4, -0.2) is 53.8 Å². The van der Waals surface area contributed by atoms with Crippen LogP contribution in [0, 0.1) is 13.8 Å². The third-order valence-corrected chi connectivity index (χ3v) is 7.29. The lowest BCUT2D eigenvalue weighted by atomic mass is 10.1. The molecule has 2 aliphatic rings. The molecule has 0 radical (unpaired) electrons. The molecule has 3 aromatic rings. The molecular formula is C27H33N5S. The smallest absolute Gasteiger partial charge is 0.173 e. The summed E-state index contributed by atoms with van der Waals surface area (Å²) in [5, 5.41) is 5.47. The Bertz CT molecular complexity index is 1170. The van der Waals surface area contributed by atoms with Crippen LogP contribution in [0.25, 0.3) is 10.9 Å². The predicted molar refractivity (Wildman–Crippen MR) is 144 cm³/mol. The summed E-state index contributed by atoms with van der Waals surface area (Å²) in [6.07, 6.45) is 2.52. The molecule has 2 saturated heterocycles. The molecule has 0 unspecified atom stereocenters. The van der Waals surface area contributed by atoms with E-state index in [9.17, 15) is 0 Å². The summed E-state index contributed by atoms with van der Waals surface area (Å²) in [7, 11) is 0. The van der Waals surface area contributed by atoms with Crippen LogP contribution in [0.1, 0.15) is 30.9 Å². The highest BCUT2D eigenvalue weighted by atomic mass is 32.1. The Morgan fingerprint density at radius 3 is 2.58 bits per heavy atom. The lowest BCUT2D eigenvalue weighted by Crippen LogP contribution is -2.54. The number of anilines is 3. The van der Waals surface area contributed by atoms with Crippen molar-refractivity contribution < 1.29 is 0 Å². The van der Waals surface area contributed by atoms with E-state index in [0.29, 0.717) is 6.04 Å². The lowest BCUT2D eigenvalue weighted by molar-refractivity contribution is 0.342. The fourth-order valence-electron chi connectivity index (χ4n) is 5.10. The van der Waals surface area contributed by atoms with Gasteiger partial charge in [0.05, 0.1) is 5.52 Å². The number of nitrogens with zero attached hydrogens (tertiary/aromatic N) is 4. The Kier molecular flexibility index (Phi) is 6.11. The summed E-state index contributed by atoms with van der Waals surface area (Å²) in [4.78, 5) is 12.1. The molecule has 5 nitrogen and oxygen atoms in total. The van der Waals surface area contributed by atoms with Gasteiger partial charge in [0.25, 0.3) is 0 Å². The van der Waals surface area contributed by atoms with Crippen molar-refractivity contribution in [2.24, 2.45) is 0 Å². The third kappa shape index (κ3) is 4.62. The van der Waals surface area contributed by atoms with E-state index in [1.165, 1.54) is 35.0 Å². The SMILES string of the molecule is Cc1cccc(N2CCN(C(=S)Nc3ccc4nc(N5CCCC5)cc(C)c4c3)C[C@H]2C)c1. The highest BCUT2D eigenvalue weighted by Gasteiger charge is 2.25. The molecule has 0 amide bonds. The van der Waals surface area contributed by atoms with Gasteiger partial charge in [-0.25, -0.2) is 4.98 Å². The topological polar surface area (TPSA) is 34.6 Å². The minimum atomic E-state index is 0.396. The van der Waals surface area contributed by atoms with Gasteiger partial charge >= 0.3 is 0 Å². The van der Waals surface area contributed by atoms with Crippen molar-refractivity contribution in [3.05, 3.63) is 59.7 Å². The molecule has 0 aliphatic carbocycles. The van der Waals surface area contributed by atoms with Crippen LogP contribution in [0.5, 0.6) is 0 Å². The Labute approximate surface area is 202 Å². The van der Waals surface area contributed by atoms with Crippen molar-refractivity contribution in [2.45, 2.75) is 39.7 Å². The van der Waals surface area contributed by atoms with E-state index in [-0.39, 0.29) is 0 Å². The maximum Gasteiger partial charge on any atom is 0.173 e. The van der Waals surface area contributed by atoms with Gasteiger partial charge in [-0.05, 0) is 93.4 Å². The van der Waals surface area contributed by atoms with Gasteiger partial charge in [0.1, 0.15) is 5.82 Å². The molecule has 3 heterocycles. The maximum absolute atomic E-state index is 5.81. The molecule has 33 heavy (non-hydrogen) atoms. The first-order chi connectivity index (χ1) is 16.0. The predicted octanol–water partition coefficient (Wildman–Crippen LogP) is 5.36. The molecule has 1 N–H and O–H groups in total. The lowest BCUT2D eigenvalue weighted by Gasteiger charge is -2.42. The first kappa shape index (κ1) is 22.0. The summed E-state index contributed by atoms with van der Waals surface area (Å²) in [6.45, 7) is 11.6. The number of pyridine rings is 1. The minimum absolute atomic E-state index is 0.396. The third-order valence-electron chi connectivity index (χ3n) is 6.93. The Balaban J connectivity index is 1.27. The number of aromatic nitrogens is 1. The quantitative estimate of drug-likeness (QED) is 0.531. The molecular weight excluding hydrogens is 426 g/mol. The number of aryl methyl sites for hydroxylation is 2. The van der Waals surface area contributed by atoms with Gasteiger partial charge < -0.3 is 20.0 Å². The van der Waals surface area contributed by atoms with Crippen molar-refractivity contribution in [2.75, 3.05) is 47.8 Å². The second kappa shape index (κ2) is 9.18. The Morgan fingerprint density at radius 2 is 1.82 bits per heavy atom. The highest BCUT2D eigenvalue weighted by Crippen LogP contribution is 2.28. The molecule has 0 bridgehead atoms. The molecule has 1 aromatic heterocycles. The zero-order valence-electron chi connectivity index (χ0n) is 19.8. The van der Waals surface area contributed by atoms with Crippen LogP contribution in [0.2, 0.25) is 0 Å². The van der Waals surface area contributed by atoms with E-state index in [4.69, 9.17) is 17.2 Å². The van der Waals surface area contributed by atoms with Crippen molar-refractivity contribution in [3.8, 4) is 0 Å². The number of rotatable bonds is 3. The highest BCUT2D eigenvalue weighted by molar-refractivity contribution is 7.80. The Hall–Kier alpha value is -2.86. The van der Waals surface area contributed by atoms with Gasteiger partial charge in [-0.3, -0.25) is 0 Å². The zero-order chi connectivity index (χ0) is 22.9. The summed E-state index contributed by atoms with van der Waals surface area (Å²) >= 11 is 5.81. The van der Waals surface area contributed by atoms with Gasteiger partial charge in [0.15, 0.2) is 5.11 Å². The van der Waals surface area contributed by atoms with Crippen LogP contribution in [-0.2, 0) is 0 Å². The van der Waals surface area contributed by atoms with E-state index in [1.54, 1.807) is 0 Å². The summed E-state index contributed by atoms with van der Waals surface area (Å²) in [5.41, 5.74) is 5.94. The molecule has 0 spiro atoms. The average molecular weight is 460 g/mol. The summed E-state index contributed by atoms with van der Waals surface area (Å²) < 4.78 is 0. The van der Waals surface area contributed by atoms with Gasteiger partial charge in [0.2, 0.25) is 0 Å². The van der Waals surface area contributed by atoms with Gasteiger partial charge in [-0.15, -0.1) is 0 Å². The molecule has 172 valence electrons. The second-order valence-corrected chi connectivity index (χ2v) is 9.87. The fourth-order valence-corrected chi connectivity index (χ4v) is 5.38. The summed E-state index contributed by atoms with van der Waals surface area (Å²) in [5.74, 6) is 1.11. The molecule has 0 saturated carbocycles. The fraction of sp³-hybridized carbons (Fsp3) is 0.407. The van der Waals surface area contributed by atoms with Gasteiger partial charge in [0, 0.05) is 55.5 Å². The molecule has 1 atom stereocenters. The van der Waals surface area contributed by atoms with Crippen LogP contribution in [0.15, 0.2) is 48.5 Å². The van der Waals surface area contributed by atoms with Crippen molar-refractivity contribution in [1.82, 2.24) is 9.88 Å². The number of hydrogen-bond donors (Lipinski definition) is 1. The number of benzene rings is 2. The zero-order valence-corrected chi connectivity index (χ0v) is 20.7. The van der Waals surface area contributed by atoms with Crippen LogP contribution in [0.3, 0.4) is 0 Å². The Morgan fingerprint density at radius 1 is 1.00 bits per heavy atom. The first-order valence-electron chi connectivity index (χ1n) is 12.0. The molecule has 2 aliphatic heterocycles. The van der Waals surface area contributed by atoms with E-state index in [2.05, 4.69) is 89.3 Å². The van der Waals surface area contributed by atoms with E-state index < -0.39 is 0 Å². The van der Waals surface area contributed by atoms with Crippen molar-refractivity contribution in [1.29, 1.82) is 0 Å². The number of nitrogens with one attached hydrogen (secondary N) is 1.